The van der Waals surface area contributed by atoms with E-state index in [0.29, 0.717) is 12.8 Å². The van der Waals surface area contributed by atoms with E-state index < -0.39 is 59.7 Å². The molecule has 300 valence electrons. The summed E-state index contributed by atoms with van der Waals surface area (Å²) < 4.78 is 0. The average Bonchev–Trinajstić information content (AvgIpc) is 3.59. The van der Waals surface area contributed by atoms with E-state index in [2.05, 4.69) is 26.3 Å². The SMILES string of the molecule is C[C@@H]1NC(=O)[C@@H](Cc2ccccc2)NC(=O)CCCNC(=O)[C@H](CCCN=C(N)N)NC(=O)[C@@H]2CC3CCCCC3N2C(=O)[C@H]2Cc3ccccc3CN2C1=O. The van der Waals surface area contributed by atoms with Crippen LogP contribution in [0.4, 0.5) is 0 Å². The number of amides is 6. The van der Waals surface area contributed by atoms with Crippen molar-refractivity contribution in [1.82, 2.24) is 31.1 Å². The number of benzene rings is 2. The van der Waals surface area contributed by atoms with Gasteiger partial charge >= 0.3 is 0 Å². The predicted molar refractivity (Wildman–Crippen MR) is 209 cm³/mol. The molecule has 6 amide bonds. The molecule has 3 heterocycles. The van der Waals surface area contributed by atoms with E-state index >= 15 is 4.79 Å². The number of hydrogen-bond acceptors (Lipinski definition) is 7. The van der Waals surface area contributed by atoms with Crippen molar-refractivity contribution in [3.05, 3.63) is 71.3 Å². The molecule has 0 radical (unpaired) electrons. The number of rotatable bonds is 6. The van der Waals surface area contributed by atoms with Gasteiger partial charge in [0.1, 0.15) is 30.2 Å². The van der Waals surface area contributed by atoms with Crippen LogP contribution in [-0.2, 0) is 48.2 Å². The largest absolute Gasteiger partial charge is 0.370 e. The van der Waals surface area contributed by atoms with Crippen LogP contribution in [0.1, 0.15) is 81.4 Å². The lowest BCUT2D eigenvalue weighted by Crippen LogP contribution is -2.62. The summed E-state index contributed by atoms with van der Waals surface area (Å²) in [6.45, 7) is 2.13. The highest BCUT2D eigenvalue weighted by Crippen LogP contribution is 2.41. The number of nitrogens with one attached hydrogen (secondary N) is 4. The first-order valence-corrected chi connectivity index (χ1v) is 20.0. The maximum Gasteiger partial charge on any atom is 0.246 e. The van der Waals surface area contributed by atoms with Crippen LogP contribution in [0.2, 0.25) is 0 Å². The van der Waals surface area contributed by atoms with Crippen LogP contribution in [-0.4, -0.2) is 101 Å². The third-order valence-electron chi connectivity index (χ3n) is 11.6. The van der Waals surface area contributed by atoms with E-state index in [-0.39, 0.29) is 75.6 Å². The van der Waals surface area contributed by atoms with E-state index in [1.807, 2.05) is 54.6 Å². The molecule has 1 saturated carbocycles. The molecule has 6 rings (SSSR count). The van der Waals surface area contributed by atoms with Crippen molar-refractivity contribution in [2.45, 2.75) is 120 Å². The molecule has 8 N–H and O–H groups in total. The van der Waals surface area contributed by atoms with Crippen molar-refractivity contribution in [3.63, 3.8) is 0 Å². The Hall–Kier alpha value is -5.47. The van der Waals surface area contributed by atoms with Crippen LogP contribution < -0.4 is 32.7 Å². The van der Waals surface area contributed by atoms with Crippen molar-refractivity contribution in [1.29, 1.82) is 0 Å². The highest BCUT2D eigenvalue weighted by atomic mass is 16.2. The van der Waals surface area contributed by atoms with Crippen molar-refractivity contribution < 1.29 is 28.8 Å². The van der Waals surface area contributed by atoms with Crippen LogP contribution in [0.15, 0.2) is 59.6 Å². The van der Waals surface area contributed by atoms with Gasteiger partial charge in [-0.1, -0.05) is 67.4 Å². The molecule has 3 fully saturated rings. The summed E-state index contributed by atoms with van der Waals surface area (Å²) >= 11 is 0. The normalized spacial score (nSPS) is 28.0. The van der Waals surface area contributed by atoms with Crippen molar-refractivity contribution in [2.24, 2.45) is 22.4 Å². The second-order valence-corrected chi connectivity index (χ2v) is 15.5. The summed E-state index contributed by atoms with van der Waals surface area (Å²) in [7, 11) is 0. The Labute approximate surface area is 327 Å². The van der Waals surface area contributed by atoms with Gasteiger partial charge in [-0.15, -0.1) is 0 Å². The molecule has 2 saturated heterocycles. The summed E-state index contributed by atoms with van der Waals surface area (Å²) in [6.07, 6.45) is 5.32. The van der Waals surface area contributed by atoms with Gasteiger partial charge in [-0.3, -0.25) is 33.8 Å². The van der Waals surface area contributed by atoms with Gasteiger partial charge in [0.15, 0.2) is 5.96 Å². The van der Waals surface area contributed by atoms with Gasteiger partial charge < -0.3 is 42.5 Å². The lowest BCUT2D eigenvalue weighted by Gasteiger charge is -2.42. The topological polar surface area (TPSA) is 221 Å². The number of nitrogens with two attached hydrogens (primary N) is 2. The van der Waals surface area contributed by atoms with E-state index in [1.165, 1.54) is 4.90 Å². The van der Waals surface area contributed by atoms with Crippen LogP contribution >= 0.6 is 0 Å². The molecule has 15 heteroatoms. The Balaban J connectivity index is 1.34. The number of hydrogen-bond donors (Lipinski definition) is 6. The van der Waals surface area contributed by atoms with Crippen LogP contribution in [0.25, 0.3) is 0 Å². The highest BCUT2D eigenvalue weighted by molar-refractivity contribution is 5.97. The molecule has 2 aromatic rings. The average molecular weight is 770 g/mol. The number of aliphatic imine (C=N–C) groups is 1. The molecule has 4 aliphatic rings. The van der Waals surface area contributed by atoms with Gasteiger partial charge in [-0.25, -0.2) is 0 Å². The molecule has 0 aromatic heterocycles. The van der Waals surface area contributed by atoms with Gasteiger partial charge in [0.05, 0.1) is 0 Å². The number of nitrogens with zero attached hydrogens (tertiary/aromatic N) is 3. The molecule has 0 bridgehead atoms. The maximum atomic E-state index is 15.1. The summed E-state index contributed by atoms with van der Waals surface area (Å²) in [5.41, 5.74) is 13.7. The zero-order chi connectivity index (χ0) is 39.8. The van der Waals surface area contributed by atoms with Crippen molar-refractivity contribution in [2.75, 3.05) is 13.1 Å². The molecule has 1 aliphatic carbocycles. The summed E-state index contributed by atoms with van der Waals surface area (Å²) in [5, 5.41) is 11.5. The van der Waals surface area contributed by atoms with Gasteiger partial charge in [0, 0.05) is 44.9 Å². The monoisotopic (exact) mass is 769 g/mol. The fourth-order valence-corrected chi connectivity index (χ4v) is 8.73. The standard InChI is InChI=1S/C41H55N9O6/c1-25-39(55)49-24-29-15-6-5-13-27(29)22-34(49)40(56)50-32-17-8-7-14-28(32)23-33(50)38(54)48-30(16-9-20-45-41(42)43)36(52)44-19-10-18-35(51)47-31(37(53)46-25)21-26-11-3-2-4-12-26/h2-6,11-13,15,25,28,30-34H,7-10,14,16-24H2,1H3,(H,44,52)(H,46,53)(H,47,51)(H,48,54)(H4,42,43,45)/t25-,28?,30-,31+,32?,33-,34+/m0/s1. The van der Waals surface area contributed by atoms with E-state index in [9.17, 15) is 24.0 Å². The molecule has 3 aliphatic heterocycles. The Morgan fingerprint density at radius 2 is 1.52 bits per heavy atom. The minimum atomic E-state index is -1.03. The number of carbonyl (C=O) groups excluding carboxylic acids is 6. The summed E-state index contributed by atoms with van der Waals surface area (Å²) in [4.78, 5) is 91.9. The Kier molecular flexibility index (Phi) is 13.2. The second-order valence-electron chi connectivity index (χ2n) is 15.5. The molecular weight excluding hydrogens is 715 g/mol. The fraction of sp³-hybridized carbons (Fsp3) is 0.537. The zero-order valence-electron chi connectivity index (χ0n) is 32.1. The summed E-state index contributed by atoms with van der Waals surface area (Å²) in [6, 6.07) is 12.0. The number of carbonyl (C=O) groups is 6. The molecule has 7 atom stereocenters. The molecule has 56 heavy (non-hydrogen) atoms. The Morgan fingerprint density at radius 1 is 0.786 bits per heavy atom. The van der Waals surface area contributed by atoms with Crippen molar-refractivity contribution >= 4 is 41.4 Å². The fourth-order valence-electron chi connectivity index (χ4n) is 8.73. The van der Waals surface area contributed by atoms with Crippen molar-refractivity contribution in [3.8, 4) is 0 Å². The second kappa shape index (κ2) is 18.4. The van der Waals surface area contributed by atoms with Gasteiger partial charge in [0.2, 0.25) is 35.4 Å². The quantitative estimate of drug-likeness (QED) is 0.140. The third-order valence-corrected chi connectivity index (χ3v) is 11.6. The number of guanidine groups is 1. The zero-order valence-corrected chi connectivity index (χ0v) is 32.1. The highest BCUT2D eigenvalue weighted by Gasteiger charge is 2.51. The first-order chi connectivity index (χ1) is 27.0. The van der Waals surface area contributed by atoms with Gasteiger partial charge in [-0.2, -0.15) is 0 Å². The first kappa shape index (κ1) is 40.2. The van der Waals surface area contributed by atoms with Gasteiger partial charge in [0.25, 0.3) is 0 Å². The molecule has 2 aromatic carbocycles. The lowest BCUT2D eigenvalue weighted by atomic mass is 9.84. The number of fused-ring (bicyclic) bond motifs is 5. The molecule has 15 nitrogen and oxygen atoms in total. The minimum absolute atomic E-state index is 0.0195. The van der Waals surface area contributed by atoms with Gasteiger partial charge in [-0.05, 0) is 68.1 Å². The lowest BCUT2D eigenvalue weighted by molar-refractivity contribution is -0.152. The Bertz CT molecular complexity index is 1800. The third kappa shape index (κ3) is 9.66. The molecule has 2 unspecified atom stereocenters. The molecule has 0 spiro atoms. The maximum absolute atomic E-state index is 15.1. The smallest absolute Gasteiger partial charge is 0.246 e. The van der Waals surface area contributed by atoms with E-state index in [1.54, 1.807) is 11.8 Å². The Morgan fingerprint density at radius 3 is 2.29 bits per heavy atom. The minimum Gasteiger partial charge on any atom is -0.370 e. The van der Waals surface area contributed by atoms with E-state index in [4.69, 9.17) is 11.5 Å². The molecular formula is C41H55N9O6. The van der Waals surface area contributed by atoms with Crippen LogP contribution in [0, 0.1) is 5.92 Å². The summed E-state index contributed by atoms with van der Waals surface area (Å²) in [5.74, 6) is -2.52. The van der Waals surface area contributed by atoms with Crippen LogP contribution in [0.5, 0.6) is 0 Å². The van der Waals surface area contributed by atoms with E-state index in [0.717, 1.165) is 42.4 Å². The predicted octanol–water partition coefficient (Wildman–Crippen LogP) is 0.780. The van der Waals surface area contributed by atoms with Crippen LogP contribution in [0.3, 0.4) is 0 Å². The first-order valence-electron chi connectivity index (χ1n) is 20.0.